The van der Waals surface area contributed by atoms with Crippen molar-refractivity contribution in [2.24, 2.45) is 0 Å². The fraction of sp³-hybridized carbons (Fsp3) is 0.360. The van der Waals surface area contributed by atoms with E-state index in [0.29, 0.717) is 17.4 Å². The lowest BCUT2D eigenvalue weighted by Crippen LogP contribution is -2.36. The second-order valence-electron chi connectivity index (χ2n) is 8.02. The van der Waals surface area contributed by atoms with Crippen molar-refractivity contribution in [3.05, 3.63) is 47.0 Å². The topological polar surface area (TPSA) is 60.0 Å². The minimum Gasteiger partial charge on any atom is -0.507 e. The van der Waals surface area contributed by atoms with Gasteiger partial charge in [0, 0.05) is 23.2 Å². The zero-order valence-electron chi connectivity index (χ0n) is 18.4. The largest absolute Gasteiger partial charge is 0.507 e. The number of aryl methyl sites for hydroxylation is 1. The number of hydrogen-bond donors (Lipinski definition) is 2. The number of phenolic OH excluding ortho intramolecular Hbond substituents is 1. The number of ether oxygens (including phenoxy) is 3. The molecule has 158 valence electrons. The summed E-state index contributed by atoms with van der Waals surface area (Å²) in [4.78, 5) is 0. The van der Waals surface area contributed by atoms with E-state index in [0.717, 1.165) is 50.9 Å². The lowest BCUT2D eigenvalue weighted by molar-refractivity contribution is 0.378. The van der Waals surface area contributed by atoms with Crippen LogP contribution in [0.25, 0.3) is 21.9 Å². The third-order valence-electron chi connectivity index (χ3n) is 6.06. The molecule has 3 aromatic rings. The average molecular weight is 408 g/mol. The van der Waals surface area contributed by atoms with Gasteiger partial charge in [0.15, 0.2) is 0 Å². The second kappa shape index (κ2) is 7.73. The number of aromatic hydroxyl groups is 1. The highest BCUT2D eigenvalue weighted by atomic mass is 16.5. The van der Waals surface area contributed by atoms with Crippen molar-refractivity contribution >= 4 is 10.8 Å². The molecule has 0 spiro atoms. The standard InChI is InChI=1S/C25H29NO4/c1-13-10-20(29-5)23-17(8-7-9-19(23)28-4)21(13)24-18(27)12-16-11-14(2)26-15(3)22(16)25(24)30-6/h7-10,12,14-15,26-27H,11H2,1-6H3/t14-,15+/m1/s1. The molecule has 1 aliphatic heterocycles. The predicted octanol–water partition coefficient (Wildman–Crippen LogP) is 5.14. The summed E-state index contributed by atoms with van der Waals surface area (Å²) in [6.07, 6.45) is 0.847. The Morgan fingerprint density at radius 1 is 0.967 bits per heavy atom. The van der Waals surface area contributed by atoms with Crippen molar-refractivity contribution in [1.29, 1.82) is 0 Å². The van der Waals surface area contributed by atoms with Gasteiger partial charge in [0.25, 0.3) is 0 Å². The van der Waals surface area contributed by atoms with Crippen LogP contribution in [0.1, 0.15) is 36.6 Å². The van der Waals surface area contributed by atoms with Gasteiger partial charge in [-0.25, -0.2) is 0 Å². The van der Waals surface area contributed by atoms with E-state index in [2.05, 4.69) is 19.2 Å². The molecule has 4 rings (SSSR count). The van der Waals surface area contributed by atoms with Gasteiger partial charge in [0.2, 0.25) is 0 Å². The third-order valence-corrected chi connectivity index (χ3v) is 6.06. The van der Waals surface area contributed by atoms with Gasteiger partial charge in [0.05, 0.1) is 32.3 Å². The van der Waals surface area contributed by atoms with Crippen molar-refractivity contribution in [3.8, 4) is 34.1 Å². The van der Waals surface area contributed by atoms with Crippen LogP contribution in [0, 0.1) is 6.92 Å². The van der Waals surface area contributed by atoms with Crippen molar-refractivity contribution in [2.45, 2.75) is 39.3 Å². The average Bonchev–Trinajstić information content (AvgIpc) is 2.72. The maximum absolute atomic E-state index is 11.2. The Balaban J connectivity index is 2.12. The number of nitrogens with one attached hydrogen (secondary N) is 1. The van der Waals surface area contributed by atoms with Gasteiger partial charge in [-0.1, -0.05) is 12.1 Å². The van der Waals surface area contributed by atoms with Crippen molar-refractivity contribution in [1.82, 2.24) is 5.32 Å². The maximum Gasteiger partial charge on any atom is 0.135 e. The predicted molar refractivity (Wildman–Crippen MR) is 120 cm³/mol. The highest BCUT2D eigenvalue weighted by Gasteiger charge is 2.30. The number of fused-ring (bicyclic) bond motifs is 2. The Morgan fingerprint density at radius 2 is 1.70 bits per heavy atom. The van der Waals surface area contributed by atoms with Crippen LogP contribution < -0.4 is 19.5 Å². The quantitative estimate of drug-likeness (QED) is 0.627. The molecule has 2 atom stereocenters. The van der Waals surface area contributed by atoms with E-state index < -0.39 is 0 Å². The minimum atomic E-state index is 0.123. The summed E-state index contributed by atoms with van der Waals surface area (Å²) >= 11 is 0. The first-order valence-electron chi connectivity index (χ1n) is 10.2. The molecular formula is C25H29NO4. The Morgan fingerprint density at radius 3 is 2.37 bits per heavy atom. The Hall–Kier alpha value is -2.92. The van der Waals surface area contributed by atoms with Crippen LogP contribution >= 0.6 is 0 Å². The summed E-state index contributed by atoms with van der Waals surface area (Å²) in [5.74, 6) is 2.41. The zero-order valence-corrected chi connectivity index (χ0v) is 18.4. The van der Waals surface area contributed by atoms with E-state index in [-0.39, 0.29) is 11.8 Å². The molecule has 30 heavy (non-hydrogen) atoms. The van der Waals surface area contributed by atoms with E-state index in [9.17, 15) is 5.11 Å². The molecule has 0 aromatic heterocycles. The fourth-order valence-corrected chi connectivity index (χ4v) is 4.92. The van der Waals surface area contributed by atoms with Crippen LogP contribution in [0.15, 0.2) is 30.3 Å². The normalized spacial score (nSPS) is 18.2. The lowest BCUT2D eigenvalue weighted by atomic mass is 9.84. The molecule has 1 aliphatic rings. The van der Waals surface area contributed by atoms with Crippen LogP contribution in [0.4, 0.5) is 0 Å². The number of rotatable bonds is 4. The first-order chi connectivity index (χ1) is 14.4. The first kappa shape index (κ1) is 20.4. The maximum atomic E-state index is 11.2. The highest BCUT2D eigenvalue weighted by molar-refractivity contribution is 6.07. The van der Waals surface area contributed by atoms with Gasteiger partial charge < -0.3 is 24.6 Å². The zero-order chi connectivity index (χ0) is 21.6. The summed E-state index contributed by atoms with van der Waals surface area (Å²) < 4.78 is 17.2. The molecular weight excluding hydrogens is 378 g/mol. The lowest BCUT2D eigenvalue weighted by Gasteiger charge is -2.32. The van der Waals surface area contributed by atoms with Crippen LogP contribution in [0.5, 0.6) is 23.0 Å². The molecule has 5 nitrogen and oxygen atoms in total. The monoisotopic (exact) mass is 407 g/mol. The van der Waals surface area contributed by atoms with Gasteiger partial charge >= 0.3 is 0 Å². The summed E-state index contributed by atoms with van der Waals surface area (Å²) in [5.41, 5.74) is 4.85. The molecule has 0 fully saturated rings. The summed E-state index contributed by atoms with van der Waals surface area (Å²) in [6, 6.07) is 10.3. The van der Waals surface area contributed by atoms with E-state index in [4.69, 9.17) is 14.2 Å². The van der Waals surface area contributed by atoms with Crippen LogP contribution in [0.3, 0.4) is 0 Å². The SMILES string of the molecule is COc1c(-c2c(C)cc(OC)c3c(OC)cccc23)c(O)cc2c1[C@H](C)N[C@H](C)C2. The number of hydrogen-bond acceptors (Lipinski definition) is 5. The van der Waals surface area contributed by atoms with Gasteiger partial charge in [-0.05, 0) is 61.9 Å². The van der Waals surface area contributed by atoms with E-state index >= 15 is 0 Å². The van der Waals surface area contributed by atoms with Crippen molar-refractivity contribution in [3.63, 3.8) is 0 Å². The van der Waals surface area contributed by atoms with Gasteiger partial charge in [-0.15, -0.1) is 0 Å². The van der Waals surface area contributed by atoms with Gasteiger partial charge in [-0.3, -0.25) is 0 Å². The summed E-state index contributed by atoms with van der Waals surface area (Å²) in [5, 5.41) is 16.6. The van der Waals surface area contributed by atoms with Crippen molar-refractivity contribution in [2.75, 3.05) is 21.3 Å². The van der Waals surface area contributed by atoms with E-state index in [1.54, 1.807) is 21.3 Å². The smallest absolute Gasteiger partial charge is 0.135 e. The fourth-order valence-electron chi connectivity index (χ4n) is 4.92. The summed E-state index contributed by atoms with van der Waals surface area (Å²) in [7, 11) is 4.98. The van der Waals surface area contributed by atoms with Gasteiger partial charge in [-0.2, -0.15) is 0 Å². The van der Waals surface area contributed by atoms with E-state index in [1.807, 2.05) is 37.3 Å². The molecule has 3 aromatic carbocycles. The first-order valence-corrected chi connectivity index (χ1v) is 10.2. The third kappa shape index (κ3) is 3.05. The van der Waals surface area contributed by atoms with Crippen LogP contribution in [-0.4, -0.2) is 32.5 Å². The molecule has 5 heteroatoms. The molecule has 1 heterocycles. The molecule has 0 saturated carbocycles. The second-order valence-corrected chi connectivity index (χ2v) is 8.02. The molecule has 0 aliphatic carbocycles. The highest BCUT2D eigenvalue weighted by Crippen LogP contribution is 2.51. The minimum absolute atomic E-state index is 0.123. The number of methoxy groups -OCH3 is 3. The summed E-state index contributed by atoms with van der Waals surface area (Å²) in [6.45, 7) is 6.32. The van der Waals surface area contributed by atoms with Crippen molar-refractivity contribution < 1.29 is 19.3 Å². The Bertz CT molecular complexity index is 1120. The van der Waals surface area contributed by atoms with Gasteiger partial charge in [0.1, 0.15) is 23.0 Å². The Kier molecular flexibility index (Phi) is 5.24. The molecule has 2 N–H and O–H groups in total. The molecule has 0 amide bonds. The van der Waals surface area contributed by atoms with Crippen LogP contribution in [-0.2, 0) is 6.42 Å². The number of benzene rings is 3. The van der Waals surface area contributed by atoms with E-state index in [1.165, 1.54) is 0 Å². The molecule has 0 unspecified atom stereocenters. The molecule has 0 radical (unpaired) electrons. The molecule has 0 bridgehead atoms. The molecule has 0 saturated heterocycles. The number of phenols is 1. The Labute approximate surface area is 177 Å². The van der Waals surface area contributed by atoms with Crippen LogP contribution in [0.2, 0.25) is 0 Å².